The normalized spacial score (nSPS) is 40.6. The topological polar surface area (TPSA) is 32.3 Å². The molecule has 0 amide bonds. The van der Waals surface area contributed by atoms with Crippen LogP contribution in [0.25, 0.3) is 0 Å². The fourth-order valence-electron chi connectivity index (χ4n) is 2.64. The van der Waals surface area contributed by atoms with Gasteiger partial charge in [-0.05, 0) is 24.8 Å². The highest BCUT2D eigenvalue weighted by atomic mass is 16.3. The zero-order chi connectivity index (χ0) is 9.90. The number of likely N-dealkylation sites (N-methyl/N-ethyl adjacent to an activating group) is 1. The molecule has 0 saturated heterocycles. The van der Waals surface area contributed by atoms with Gasteiger partial charge in [-0.25, -0.2) is 0 Å². The van der Waals surface area contributed by atoms with E-state index in [0.29, 0.717) is 5.92 Å². The summed E-state index contributed by atoms with van der Waals surface area (Å²) in [7, 11) is 0. The summed E-state index contributed by atoms with van der Waals surface area (Å²) in [5.74, 6) is 1.33. The van der Waals surface area contributed by atoms with Gasteiger partial charge in [-0.3, -0.25) is 0 Å². The quantitative estimate of drug-likeness (QED) is 0.702. The van der Waals surface area contributed by atoms with Crippen molar-refractivity contribution in [3.8, 4) is 0 Å². The van der Waals surface area contributed by atoms with Gasteiger partial charge >= 0.3 is 0 Å². The van der Waals surface area contributed by atoms with E-state index in [-0.39, 0.29) is 12.1 Å². The van der Waals surface area contributed by atoms with E-state index < -0.39 is 0 Å². The third kappa shape index (κ3) is 2.05. The summed E-state index contributed by atoms with van der Waals surface area (Å²) >= 11 is 0. The third-order valence-electron chi connectivity index (χ3n) is 3.82. The molecule has 78 valence electrons. The van der Waals surface area contributed by atoms with Crippen LogP contribution in [0.2, 0.25) is 0 Å². The predicted octanol–water partition coefficient (Wildman–Crippen LogP) is 1.78. The number of aliphatic hydroxyl groups excluding tert-OH is 1. The second-order valence-electron chi connectivity index (χ2n) is 4.50. The Balaban J connectivity index is 2.70. The van der Waals surface area contributed by atoms with Crippen LogP contribution in [0.15, 0.2) is 0 Å². The SMILES string of the molecule is CCNC1(CO)CCCC(C)C1C. The highest BCUT2D eigenvalue weighted by molar-refractivity contribution is 4.96. The van der Waals surface area contributed by atoms with E-state index in [0.717, 1.165) is 18.9 Å². The minimum absolute atomic E-state index is 0.00637. The van der Waals surface area contributed by atoms with Crippen LogP contribution in [0.1, 0.15) is 40.0 Å². The van der Waals surface area contributed by atoms with Crippen LogP contribution in [0.5, 0.6) is 0 Å². The number of hydrogen-bond donors (Lipinski definition) is 2. The zero-order valence-corrected chi connectivity index (χ0v) is 9.14. The second kappa shape index (κ2) is 4.43. The standard InChI is InChI=1S/C11H23NO/c1-4-12-11(8-13)7-5-6-9(2)10(11)3/h9-10,12-13H,4-8H2,1-3H3. The molecule has 0 radical (unpaired) electrons. The highest BCUT2D eigenvalue weighted by Gasteiger charge is 2.40. The van der Waals surface area contributed by atoms with Gasteiger partial charge < -0.3 is 10.4 Å². The van der Waals surface area contributed by atoms with Gasteiger partial charge in [0, 0.05) is 5.54 Å². The van der Waals surface area contributed by atoms with Gasteiger partial charge in [-0.1, -0.05) is 33.6 Å². The van der Waals surface area contributed by atoms with E-state index in [4.69, 9.17) is 0 Å². The molecule has 3 unspecified atom stereocenters. The van der Waals surface area contributed by atoms with Crippen LogP contribution >= 0.6 is 0 Å². The lowest BCUT2D eigenvalue weighted by molar-refractivity contribution is 0.0468. The van der Waals surface area contributed by atoms with Crippen molar-refractivity contribution in [3.63, 3.8) is 0 Å². The predicted molar refractivity (Wildman–Crippen MR) is 55.7 cm³/mol. The lowest BCUT2D eigenvalue weighted by Gasteiger charge is -2.45. The molecule has 1 rings (SSSR count). The van der Waals surface area contributed by atoms with Crippen molar-refractivity contribution >= 4 is 0 Å². The van der Waals surface area contributed by atoms with Crippen molar-refractivity contribution in [2.45, 2.75) is 45.6 Å². The van der Waals surface area contributed by atoms with Gasteiger partial charge in [0.25, 0.3) is 0 Å². The summed E-state index contributed by atoms with van der Waals surface area (Å²) in [5, 5.41) is 13.0. The van der Waals surface area contributed by atoms with Crippen LogP contribution in [0, 0.1) is 11.8 Å². The summed E-state index contributed by atoms with van der Waals surface area (Å²) in [5.41, 5.74) is 0.00637. The molecular formula is C11H23NO. The van der Waals surface area contributed by atoms with E-state index in [1.54, 1.807) is 0 Å². The molecule has 2 heteroatoms. The Hall–Kier alpha value is -0.0800. The third-order valence-corrected chi connectivity index (χ3v) is 3.82. The molecule has 13 heavy (non-hydrogen) atoms. The van der Waals surface area contributed by atoms with Gasteiger partial charge in [-0.15, -0.1) is 0 Å². The van der Waals surface area contributed by atoms with E-state index >= 15 is 0 Å². The highest BCUT2D eigenvalue weighted by Crippen LogP contribution is 2.37. The van der Waals surface area contributed by atoms with Crippen molar-refractivity contribution < 1.29 is 5.11 Å². The molecule has 0 aromatic rings. The maximum absolute atomic E-state index is 9.50. The summed E-state index contributed by atoms with van der Waals surface area (Å²) in [6.07, 6.45) is 3.69. The molecule has 0 aromatic heterocycles. The molecule has 1 aliphatic carbocycles. The van der Waals surface area contributed by atoms with E-state index in [9.17, 15) is 5.11 Å². The Kier molecular flexibility index (Phi) is 3.74. The Morgan fingerprint density at radius 3 is 2.69 bits per heavy atom. The molecule has 2 N–H and O–H groups in total. The molecule has 2 nitrogen and oxygen atoms in total. The second-order valence-corrected chi connectivity index (χ2v) is 4.50. The van der Waals surface area contributed by atoms with Crippen LogP contribution < -0.4 is 5.32 Å². The molecule has 0 bridgehead atoms. The maximum Gasteiger partial charge on any atom is 0.0616 e. The van der Waals surface area contributed by atoms with Crippen molar-refractivity contribution in [2.75, 3.05) is 13.2 Å². The molecule has 0 heterocycles. The molecule has 0 spiro atoms. The fourth-order valence-corrected chi connectivity index (χ4v) is 2.64. The first kappa shape index (κ1) is 11.0. The fraction of sp³-hybridized carbons (Fsp3) is 1.00. The minimum atomic E-state index is 0.00637. The van der Waals surface area contributed by atoms with Gasteiger partial charge in [-0.2, -0.15) is 0 Å². The summed E-state index contributed by atoms with van der Waals surface area (Å²) < 4.78 is 0. The van der Waals surface area contributed by atoms with Crippen molar-refractivity contribution in [1.82, 2.24) is 5.32 Å². The van der Waals surface area contributed by atoms with Crippen molar-refractivity contribution in [1.29, 1.82) is 0 Å². The van der Waals surface area contributed by atoms with Crippen LogP contribution in [-0.4, -0.2) is 23.8 Å². The molecule has 0 aliphatic heterocycles. The number of aliphatic hydroxyl groups is 1. The Morgan fingerprint density at radius 2 is 2.15 bits per heavy atom. The molecule has 0 aromatic carbocycles. The van der Waals surface area contributed by atoms with Crippen molar-refractivity contribution in [2.24, 2.45) is 11.8 Å². The van der Waals surface area contributed by atoms with Gasteiger partial charge in [0.15, 0.2) is 0 Å². The molecule has 1 aliphatic rings. The maximum atomic E-state index is 9.50. The zero-order valence-electron chi connectivity index (χ0n) is 9.14. The first-order valence-corrected chi connectivity index (χ1v) is 5.52. The Bertz CT molecular complexity index is 156. The number of nitrogens with one attached hydrogen (secondary N) is 1. The minimum Gasteiger partial charge on any atom is -0.394 e. The van der Waals surface area contributed by atoms with E-state index in [2.05, 4.69) is 26.1 Å². The molecular weight excluding hydrogens is 162 g/mol. The lowest BCUT2D eigenvalue weighted by Crippen LogP contribution is -2.56. The molecule has 3 atom stereocenters. The Labute approximate surface area is 81.7 Å². The summed E-state index contributed by atoms with van der Waals surface area (Å²) in [6.45, 7) is 7.92. The van der Waals surface area contributed by atoms with E-state index in [1.807, 2.05) is 0 Å². The monoisotopic (exact) mass is 185 g/mol. The molecule has 1 fully saturated rings. The summed E-state index contributed by atoms with van der Waals surface area (Å²) in [6, 6.07) is 0. The molecule has 1 saturated carbocycles. The van der Waals surface area contributed by atoms with Crippen LogP contribution in [-0.2, 0) is 0 Å². The van der Waals surface area contributed by atoms with Crippen LogP contribution in [0.4, 0.5) is 0 Å². The first-order valence-electron chi connectivity index (χ1n) is 5.52. The van der Waals surface area contributed by atoms with Gasteiger partial charge in [0.1, 0.15) is 0 Å². The average Bonchev–Trinajstić information content (AvgIpc) is 2.13. The van der Waals surface area contributed by atoms with Crippen LogP contribution in [0.3, 0.4) is 0 Å². The Morgan fingerprint density at radius 1 is 1.46 bits per heavy atom. The average molecular weight is 185 g/mol. The number of hydrogen-bond acceptors (Lipinski definition) is 2. The lowest BCUT2D eigenvalue weighted by atomic mass is 9.68. The first-order chi connectivity index (χ1) is 6.16. The summed E-state index contributed by atoms with van der Waals surface area (Å²) in [4.78, 5) is 0. The van der Waals surface area contributed by atoms with Crippen molar-refractivity contribution in [3.05, 3.63) is 0 Å². The van der Waals surface area contributed by atoms with Gasteiger partial charge in [0.2, 0.25) is 0 Å². The van der Waals surface area contributed by atoms with Gasteiger partial charge in [0.05, 0.1) is 6.61 Å². The van der Waals surface area contributed by atoms with E-state index in [1.165, 1.54) is 12.8 Å². The smallest absolute Gasteiger partial charge is 0.0616 e. The number of rotatable bonds is 3. The largest absolute Gasteiger partial charge is 0.394 e.